The number of hydrogen-bond donors (Lipinski definition) is 2. The molecule has 2 rings (SSSR count). The molecule has 24 heavy (non-hydrogen) atoms. The van der Waals surface area contributed by atoms with Gasteiger partial charge in [-0.15, -0.1) is 13.2 Å². The van der Waals surface area contributed by atoms with Crippen molar-refractivity contribution in [1.29, 1.82) is 0 Å². The quantitative estimate of drug-likeness (QED) is 0.826. The molecule has 1 heterocycles. The molecule has 0 bridgehead atoms. The number of rotatable bonds is 6. The summed E-state index contributed by atoms with van der Waals surface area (Å²) in [6, 6.07) is 5.38. The molecule has 1 atom stereocenters. The standard InChI is InChI=1S/C16H21F3N2O3/c17-16(18,19)24-14-5-3-12(4-6-14)8-20-15(23)10-21-7-1-2-13(9-21)11-22/h3-6,13,22H,1-2,7-11H2,(H,20,23). The van der Waals surface area contributed by atoms with Crippen LogP contribution in [-0.2, 0) is 11.3 Å². The normalized spacial score (nSPS) is 19.1. The number of carbonyl (C=O) groups excluding carboxylic acids is 1. The van der Waals surface area contributed by atoms with Crippen LogP contribution in [0.15, 0.2) is 24.3 Å². The molecule has 0 radical (unpaired) electrons. The van der Waals surface area contributed by atoms with Crippen LogP contribution < -0.4 is 10.1 Å². The lowest BCUT2D eigenvalue weighted by Gasteiger charge is -2.31. The van der Waals surface area contributed by atoms with E-state index in [1.54, 1.807) is 0 Å². The van der Waals surface area contributed by atoms with Gasteiger partial charge in [0.15, 0.2) is 0 Å². The minimum atomic E-state index is -4.71. The SMILES string of the molecule is O=C(CN1CCCC(CO)C1)NCc1ccc(OC(F)(F)F)cc1. The second kappa shape index (κ2) is 8.34. The van der Waals surface area contributed by atoms with Gasteiger partial charge in [-0.3, -0.25) is 9.69 Å². The van der Waals surface area contributed by atoms with Gasteiger partial charge >= 0.3 is 6.36 Å². The van der Waals surface area contributed by atoms with Crippen molar-refractivity contribution in [3.8, 4) is 5.75 Å². The number of hydrogen-bond acceptors (Lipinski definition) is 4. The summed E-state index contributed by atoms with van der Waals surface area (Å²) in [6.07, 6.45) is -2.78. The second-order valence-corrected chi connectivity index (χ2v) is 5.89. The molecular weight excluding hydrogens is 325 g/mol. The zero-order valence-electron chi connectivity index (χ0n) is 13.2. The molecule has 1 aliphatic rings. The lowest BCUT2D eigenvalue weighted by Crippen LogP contribution is -2.43. The van der Waals surface area contributed by atoms with E-state index in [-0.39, 0.29) is 37.3 Å². The van der Waals surface area contributed by atoms with Gasteiger partial charge in [0.05, 0.1) is 6.54 Å². The van der Waals surface area contributed by atoms with E-state index in [1.165, 1.54) is 24.3 Å². The van der Waals surface area contributed by atoms with Gasteiger partial charge in [-0.1, -0.05) is 12.1 Å². The molecule has 1 fully saturated rings. The molecule has 0 aromatic heterocycles. The molecule has 1 aromatic rings. The van der Waals surface area contributed by atoms with Crippen LogP contribution in [-0.4, -0.2) is 48.5 Å². The number of amides is 1. The van der Waals surface area contributed by atoms with E-state index in [9.17, 15) is 23.1 Å². The lowest BCUT2D eigenvalue weighted by molar-refractivity contribution is -0.274. The van der Waals surface area contributed by atoms with Crippen molar-refractivity contribution in [3.63, 3.8) is 0 Å². The van der Waals surface area contributed by atoms with Crippen LogP contribution in [0.25, 0.3) is 0 Å². The summed E-state index contributed by atoms with van der Waals surface area (Å²) in [7, 11) is 0. The van der Waals surface area contributed by atoms with Gasteiger partial charge < -0.3 is 15.2 Å². The predicted octanol–water partition coefficient (Wildman–Crippen LogP) is 1.91. The topological polar surface area (TPSA) is 61.8 Å². The third kappa shape index (κ3) is 6.37. The van der Waals surface area contributed by atoms with Crippen molar-refractivity contribution in [2.75, 3.05) is 26.2 Å². The van der Waals surface area contributed by atoms with Gasteiger partial charge in [0.2, 0.25) is 5.91 Å². The van der Waals surface area contributed by atoms with E-state index in [0.717, 1.165) is 19.4 Å². The van der Waals surface area contributed by atoms with E-state index in [2.05, 4.69) is 10.1 Å². The minimum absolute atomic E-state index is 0.129. The first-order chi connectivity index (χ1) is 11.4. The smallest absolute Gasteiger partial charge is 0.406 e. The largest absolute Gasteiger partial charge is 0.573 e. The van der Waals surface area contributed by atoms with Gasteiger partial charge in [-0.05, 0) is 43.0 Å². The van der Waals surface area contributed by atoms with E-state index in [1.807, 2.05) is 4.90 Å². The first-order valence-electron chi connectivity index (χ1n) is 7.80. The van der Waals surface area contributed by atoms with Crippen LogP contribution in [0.2, 0.25) is 0 Å². The number of nitrogens with zero attached hydrogens (tertiary/aromatic N) is 1. The zero-order valence-corrected chi connectivity index (χ0v) is 13.2. The van der Waals surface area contributed by atoms with Crippen LogP contribution in [0.5, 0.6) is 5.75 Å². The summed E-state index contributed by atoms with van der Waals surface area (Å²) in [4.78, 5) is 13.9. The number of ether oxygens (including phenoxy) is 1. The Morgan fingerprint density at radius 3 is 2.67 bits per heavy atom. The molecule has 1 saturated heterocycles. The Morgan fingerprint density at radius 2 is 2.04 bits per heavy atom. The van der Waals surface area contributed by atoms with Gasteiger partial charge in [-0.2, -0.15) is 0 Å². The minimum Gasteiger partial charge on any atom is -0.406 e. The summed E-state index contributed by atoms with van der Waals surface area (Å²) in [6.45, 7) is 2.15. The number of piperidine rings is 1. The second-order valence-electron chi connectivity index (χ2n) is 5.89. The average Bonchev–Trinajstić information content (AvgIpc) is 2.53. The van der Waals surface area contributed by atoms with Crippen LogP contribution in [0.1, 0.15) is 18.4 Å². The van der Waals surface area contributed by atoms with Crippen LogP contribution in [0.4, 0.5) is 13.2 Å². The van der Waals surface area contributed by atoms with Crippen LogP contribution >= 0.6 is 0 Å². The Hall–Kier alpha value is -1.80. The molecule has 5 nitrogen and oxygen atoms in total. The number of aliphatic hydroxyl groups excluding tert-OH is 1. The van der Waals surface area contributed by atoms with E-state index >= 15 is 0 Å². The first-order valence-corrected chi connectivity index (χ1v) is 7.80. The fraction of sp³-hybridized carbons (Fsp3) is 0.562. The number of aliphatic hydroxyl groups is 1. The molecule has 0 spiro atoms. The number of alkyl halides is 3. The summed E-state index contributed by atoms with van der Waals surface area (Å²) in [5.41, 5.74) is 0.685. The van der Waals surface area contributed by atoms with Crippen molar-refractivity contribution in [2.24, 2.45) is 5.92 Å². The number of halogens is 3. The number of likely N-dealkylation sites (tertiary alicyclic amines) is 1. The molecule has 1 unspecified atom stereocenters. The Kier molecular flexibility index (Phi) is 6.44. The number of benzene rings is 1. The lowest BCUT2D eigenvalue weighted by atomic mass is 9.99. The summed E-state index contributed by atoms with van der Waals surface area (Å²) in [5, 5.41) is 11.9. The van der Waals surface area contributed by atoms with Crippen molar-refractivity contribution < 1.29 is 27.8 Å². The number of carbonyl (C=O) groups is 1. The molecule has 1 aliphatic heterocycles. The van der Waals surface area contributed by atoms with Crippen molar-refractivity contribution >= 4 is 5.91 Å². The Labute approximate surface area is 138 Å². The Balaban J connectivity index is 1.75. The Bertz CT molecular complexity index is 534. The van der Waals surface area contributed by atoms with Crippen LogP contribution in [0.3, 0.4) is 0 Å². The van der Waals surface area contributed by atoms with Crippen molar-refractivity contribution in [3.05, 3.63) is 29.8 Å². The van der Waals surface area contributed by atoms with Gasteiger partial charge in [0, 0.05) is 19.7 Å². The number of nitrogens with one attached hydrogen (secondary N) is 1. The monoisotopic (exact) mass is 346 g/mol. The third-order valence-corrected chi connectivity index (χ3v) is 3.88. The highest BCUT2D eigenvalue weighted by atomic mass is 19.4. The van der Waals surface area contributed by atoms with Crippen molar-refractivity contribution in [1.82, 2.24) is 10.2 Å². The molecule has 1 amide bonds. The van der Waals surface area contributed by atoms with Gasteiger partial charge in [0.1, 0.15) is 5.75 Å². The summed E-state index contributed by atoms with van der Waals surface area (Å²) in [5.74, 6) is -0.224. The molecule has 0 saturated carbocycles. The van der Waals surface area contributed by atoms with Crippen molar-refractivity contribution in [2.45, 2.75) is 25.7 Å². The molecule has 0 aliphatic carbocycles. The van der Waals surface area contributed by atoms with Gasteiger partial charge in [-0.25, -0.2) is 0 Å². The highest BCUT2D eigenvalue weighted by Gasteiger charge is 2.30. The van der Waals surface area contributed by atoms with Crippen LogP contribution in [0, 0.1) is 5.92 Å². The Morgan fingerprint density at radius 1 is 1.33 bits per heavy atom. The van der Waals surface area contributed by atoms with E-state index < -0.39 is 6.36 Å². The summed E-state index contributed by atoms with van der Waals surface area (Å²) < 4.78 is 40.0. The average molecular weight is 346 g/mol. The fourth-order valence-corrected chi connectivity index (χ4v) is 2.71. The maximum absolute atomic E-state index is 12.1. The maximum atomic E-state index is 12.1. The van der Waals surface area contributed by atoms with E-state index in [0.29, 0.717) is 12.1 Å². The molecule has 1 aromatic carbocycles. The molecular formula is C16H21F3N2O3. The predicted molar refractivity (Wildman–Crippen MR) is 81.2 cm³/mol. The highest BCUT2D eigenvalue weighted by molar-refractivity contribution is 5.78. The van der Waals surface area contributed by atoms with Gasteiger partial charge in [0.25, 0.3) is 0 Å². The zero-order chi connectivity index (χ0) is 17.6. The third-order valence-electron chi connectivity index (χ3n) is 3.88. The first kappa shape index (κ1) is 18.5. The summed E-state index contributed by atoms with van der Waals surface area (Å²) >= 11 is 0. The van der Waals surface area contributed by atoms with E-state index in [4.69, 9.17) is 0 Å². The fourth-order valence-electron chi connectivity index (χ4n) is 2.71. The molecule has 134 valence electrons. The molecule has 8 heteroatoms. The highest BCUT2D eigenvalue weighted by Crippen LogP contribution is 2.22. The maximum Gasteiger partial charge on any atom is 0.573 e. The molecule has 2 N–H and O–H groups in total.